The number of benzene rings is 1. The van der Waals surface area contributed by atoms with Gasteiger partial charge in [0.15, 0.2) is 0 Å². The van der Waals surface area contributed by atoms with E-state index in [9.17, 15) is 9.18 Å². The molecular formula is C11H7BrFIN2O. The fraction of sp³-hybridized carbons (Fsp3) is 0.0909. The molecular weight excluding hydrogens is 402 g/mol. The molecule has 0 aliphatic carbocycles. The Morgan fingerprint density at radius 3 is 2.94 bits per heavy atom. The molecule has 0 aliphatic rings. The fourth-order valence-electron chi connectivity index (χ4n) is 1.37. The molecule has 1 aromatic heterocycles. The zero-order valence-electron chi connectivity index (χ0n) is 8.53. The average Bonchev–Trinajstić information content (AvgIpc) is 2.28. The van der Waals surface area contributed by atoms with Crippen molar-refractivity contribution in [2.24, 2.45) is 0 Å². The lowest BCUT2D eigenvalue weighted by atomic mass is 10.2. The van der Waals surface area contributed by atoms with Crippen LogP contribution in [0, 0.1) is 9.39 Å². The Kier molecular flexibility index (Phi) is 3.93. The summed E-state index contributed by atoms with van der Waals surface area (Å²) in [6.07, 6.45) is 2.89. The first-order valence-corrected chi connectivity index (χ1v) is 6.59. The van der Waals surface area contributed by atoms with Crippen LogP contribution in [-0.2, 0) is 6.54 Å². The molecule has 0 saturated carbocycles. The van der Waals surface area contributed by atoms with Crippen molar-refractivity contribution >= 4 is 38.5 Å². The third-order valence-corrected chi connectivity index (χ3v) is 3.45. The summed E-state index contributed by atoms with van der Waals surface area (Å²) in [5.74, 6) is -0.342. The van der Waals surface area contributed by atoms with Crippen LogP contribution in [0.25, 0.3) is 0 Å². The summed E-state index contributed by atoms with van der Waals surface area (Å²) in [7, 11) is 0. The number of rotatable bonds is 2. The summed E-state index contributed by atoms with van der Waals surface area (Å²) in [6, 6.07) is 4.76. The molecule has 0 aliphatic heterocycles. The predicted octanol–water partition coefficient (Wildman–Crippen LogP) is 2.80. The van der Waals surface area contributed by atoms with E-state index < -0.39 is 0 Å². The van der Waals surface area contributed by atoms with Crippen LogP contribution < -0.4 is 5.56 Å². The van der Waals surface area contributed by atoms with Gasteiger partial charge in [-0.2, -0.15) is 0 Å². The molecule has 2 aromatic rings. The first-order valence-electron chi connectivity index (χ1n) is 4.72. The maximum absolute atomic E-state index is 13.6. The second-order valence-electron chi connectivity index (χ2n) is 3.41. The van der Waals surface area contributed by atoms with Gasteiger partial charge in [-0.25, -0.2) is 9.37 Å². The van der Waals surface area contributed by atoms with Gasteiger partial charge in [-0.05, 0) is 34.7 Å². The third kappa shape index (κ3) is 2.92. The number of hydrogen-bond donors (Lipinski definition) is 0. The molecule has 0 spiro atoms. The summed E-state index contributed by atoms with van der Waals surface area (Å²) in [5, 5.41) is 0. The van der Waals surface area contributed by atoms with E-state index in [0.717, 1.165) is 0 Å². The summed E-state index contributed by atoms with van der Waals surface area (Å²) >= 11 is 5.10. The van der Waals surface area contributed by atoms with Gasteiger partial charge in [0.05, 0.1) is 16.4 Å². The van der Waals surface area contributed by atoms with Crippen LogP contribution in [-0.4, -0.2) is 9.55 Å². The highest BCUT2D eigenvalue weighted by Gasteiger charge is 2.06. The van der Waals surface area contributed by atoms with Crippen molar-refractivity contribution in [1.82, 2.24) is 9.55 Å². The molecule has 0 fully saturated rings. The molecule has 0 N–H and O–H groups in total. The third-order valence-electron chi connectivity index (χ3n) is 2.21. The molecule has 0 bridgehead atoms. The monoisotopic (exact) mass is 408 g/mol. The molecule has 88 valence electrons. The molecule has 0 amide bonds. The molecule has 17 heavy (non-hydrogen) atoms. The highest BCUT2D eigenvalue weighted by atomic mass is 127. The van der Waals surface area contributed by atoms with Crippen molar-refractivity contribution < 1.29 is 4.39 Å². The minimum atomic E-state index is -0.342. The lowest BCUT2D eigenvalue weighted by Gasteiger charge is -2.06. The zero-order chi connectivity index (χ0) is 12.4. The summed E-state index contributed by atoms with van der Waals surface area (Å²) in [5.41, 5.74) is 0.294. The van der Waals surface area contributed by atoms with Crippen molar-refractivity contribution in [2.45, 2.75) is 6.54 Å². The Bertz CT molecular complexity index is 615. The summed E-state index contributed by atoms with van der Waals surface area (Å²) in [6.45, 7) is 0.182. The minimum absolute atomic E-state index is 0.164. The van der Waals surface area contributed by atoms with E-state index >= 15 is 0 Å². The van der Waals surface area contributed by atoms with E-state index in [2.05, 4.69) is 20.9 Å². The van der Waals surface area contributed by atoms with E-state index in [0.29, 0.717) is 13.6 Å². The van der Waals surface area contributed by atoms with Crippen LogP contribution in [0.15, 0.2) is 40.0 Å². The Labute approximate surface area is 119 Å². The Balaban J connectivity index is 2.38. The molecule has 2 rings (SSSR count). The van der Waals surface area contributed by atoms with Gasteiger partial charge in [-0.1, -0.05) is 22.0 Å². The van der Waals surface area contributed by atoms with E-state index in [-0.39, 0.29) is 17.9 Å². The van der Waals surface area contributed by atoms with Crippen LogP contribution in [0.5, 0.6) is 0 Å². The molecule has 0 atom stereocenters. The number of hydrogen-bond acceptors (Lipinski definition) is 2. The smallest absolute Gasteiger partial charge is 0.267 e. The second-order valence-corrected chi connectivity index (χ2v) is 5.49. The number of aromatic nitrogens is 2. The molecule has 0 unspecified atom stereocenters. The largest absolute Gasteiger partial charge is 0.294 e. The standard InChI is InChI=1S/C11H7BrFIN2O/c12-8-2-1-7(9(13)3-8)5-16-6-15-4-10(14)11(16)17/h1-4,6H,5H2. The normalized spacial score (nSPS) is 10.5. The zero-order valence-corrected chi connectivity index (χ0v) is 12.3. The van der Waals surface area contributed by atoms with Gasteiger partial charge in [0.25, 0.3) is 5.56 Å². The van der Waals surface area contributed by atoms with Gasteiger partial charge >= 0.3 is 0 Å². The van der Waals surface area contributed by atoms with E-state index in [1.165, 1.54) is 23.2 Å². The van der Waals surface area contributed by atoms with Crippen molar-refractivity contribution in [3.63, 3.8) is 0 Å². The molecule has 0 saturated heterocycles. The summed E-state index contributed by atoms with van der Waals surface area (Å²) < 4.78 is 16.2. The lowest BCUT2D eigenvalue weighted by Crippen LogP contribution is -2.23. The Morgan fingerprint density at radius 2 is 2.24 bits per heavy atom. The van der Waals surface area contributed by atoms with Gasteiger partial charge < -0.3 is 0 Å². The predicted molar refractivity (Wildman–Crippen MR) is 74.4 cm³/mol. The average molecular weight is 409 g/mol. The quantitative estimate of drug-likeness (QED) is 0.716. The van der Waals surface area contributed by atoms with Crippen LogP contribution in [0.4, 0.5) is 4.39 Å². The van der Waals surface area contributed by atoms with Gasteiger partial charge in [-0.15, -0.1) is 0 Å². The molecule has 1 aromatic carbocycles. The first kappa shape index (κ1) is 12.7. The Morgan fingerprint density at radius 1 is 1.47 bits per heavy atom. The first-order chi connectivity index (χ1) is 8.08. The second kappa shape index (κ2) is 5.26. The van der Waals surface area contributed by atoms with Gasteiger partial charge in [0.1, 0.15) is 5.82 Å². The maximum atomic E-state index is 13.6. The molecule has 0 radical (unpaired) electrons. The van der Waals surface area contributed by atoms with E-state index in [1.54, 1.807) is 12.1 Å². The van der Waals surface area contributed by atoms with Crippen molar-refractivity contribution in [1.29, 1.82) is 0 Å². The number of nitrogens with zero attached hydrogens (tertiary/aromatic N) is 2. The van der Waals surface area contributed by atoms with Crippen LogP contribution in [0.1, 0.15) is 5.56 Å². The van der Waals surface area contributed by atoms with Gasteiger partial charge in [0.2, 0.25) is 0 Å². The van der Waals surface area contributed by atoms with Crippen molar-refractivity contribution in [2.75, 3.05) is 0 Å². The van der Waals surface area contributed by atoms with Crippen molar-refractivity contribution in [3.05, 3.63) is 60.5 Å². The fourth-order valence-corrected chi connectivity index (χ4v) is 2.17. The molecule has 1 heterocycles. The highest BCUT2D eigenvalue weighted by molar-refractivity contribution is 14.1. The van der Waals surface area contributed by atoms with E-state index in [1.807, 2.05) is 22.6 Å². The topological polar surface area (TPSA) is 34.9 Å². The maximum Gasteiger partial charge on any atom is 0.267 e. The molecule has 6 heteroatoms. The molecule has 3 nitrogen and oxygen atoms in total. The highest BCUT2D eigenvalue weighted by Crippen LogP contribution is 2.15. The van der Waals surface area contributed by atoms with Gasteiger partial charge in [-0.3, -0.25) is 9.36 Å². The Hall–Kier alpha value is -0.760. The van der Waals surface area contributed by atoms with Crippen LogP contribution in [0.2, 0.25) is 0 Å². The van der Waals surface area contributed by atoms with Gasteiger partial charge in [0, 0.05) is 16.2 Å². The lowest BCUT2D eigenvalue weighted by molar-refractivity contribution is 0.592. The van der Waals surface area contributed by atoms with Crippen LogP contribution in [0.3, 0.4) is 0 Å². The van der Waals surface area contributed by atoms with Crippen molar-refractivity contribution in [3.8, 4) is 0 Å². The van der Waals surface area contributed by atoms with E-state index in [4.69, 9.17) is 0 Å². The van der Waals surface area contributed by atoms with Crippen LogP contribution >= 0.6 is 38.5 Å². The SMILES string of the molecule is O=c1c(I)cncn1Cc1ccc(Br)cc1F. The number of halogens is 3. The minimum Gasteiger partial charge on any atom is -0.294 e. The summed E-state index contributed by atoms with van der Waals surface area (Å²) in [4.78, 5) is 15.6.